The summed E-state index contributed by atoms with van der Waals surface area (Å²) in [6.45, 7) is 2.20. The van der Waals surface area contributed by atoms with Crippen molar-refractivity contribution >= 4 is 27.8 Å². The van der Waals surface area contributed by atoms with Crippen molar-refractivity contribution in [3.8, 4) is 11.1 Å². The molecule has 1 aliphatic heterocycles. The van der Waals surface area contributed by atoms with Gasteiger partial charge in [0.25, 0.3) is 0 Å². The number of benzene rings is 5. The average molecular weight is 696 g/mol. The second-order valence-corrected chi connectivity index (χ2v) is 14.7. The van der Waals surface area contributed by atoms with Crippen LogP contribution in [-0.2, 0) is 32.6 Å². The summed E-state index contributed by atoms with van der Waals surface area (Å²) in [5.74, 6) is -0.339. The predicted molar refractivity (Wildman–Crippen MR) is 189 cm³/mol. The Morgan fingerprint density at radius 2 is 1.45 bits per heavy atom. The predicted octanol–water partition coefficient (Wildman–Crippen LogP) is 7.61. The molecule has 0 radical (unpaired) electrons. The van der Waals surface area contributed by atoms with Crippen LogP contribution in [0.5, 0.6) is 0 Å². The van der Waals surface area contributed by atoms with Gasteiger partial charge in [0.2, 0.25) is 10.0 Å². The van der Waals surface area contributed by atoms with Gasteiger partial charge in [-0.1, -0.05) is 97.9 Å². The summed E-state index contributed by atoms with van der Waals surface area (Å²) in [6.07, 6.45) is -1.12. The number of aromatic carboxylic acids is 1. The SMILES string of the molecule is C[C@@H]1[C@H](CSc2ccc(C(=O)O)cc2)O[C@H](c2ccc(-c3ccccc3CNS(=O)(=O)c3ccccc3)cc2)O[C@@H]1c1ccc(CO)cc1. The normalized spacial score (nSPS) is 19.4. The first-order valence-electron chi connectivity index (χ1n) is 15.9. The van der Waals surface area contributed by atoms with E-state index in [0.717, 1.165) is 38.3 Å². The molecule has 0 aliphatic carbocycles. The Hall–Kier alpha value is -4.29. The molecule has 8 nitrogen and oxygen atoms in total. The molecule has 0 amide bonds. The summed E-state index contributed by atoms with van der Waals surface area (Å²) in [5.41, 5.74) is 5.57. The van der Waals surface area contributed by atoms with Crippen LogP contribution < -0.4 is 4.72 Å². The Kier molecular flexibility index (Phi) is 10.9. The van der Waals surface area contributed by atoms with Gasteiger partial charge in [-0.25, -0.2) is 17.9 Å². The van der Waals surface area contributed by atoms with E-state index in [4.69, 9.17) is 9.47 Å². The number of hydrogen-bond donors (Lipinski definition) is 3. The van der Waals surface area contributed by atoms with Crippen LogP contribution in [0.1, 0.15) is 51.9 Å². The number of rotatable bonds is 12. The van der Waals surface area contributed by atoms with E-state index in [1.54, 1.807) is 54.2 Å². The first kappa shape index (κ1) is 34.6. The first-order valence-corrected chi connectivity index (χ1v) is 18.4. The van der Waals surface area contributed by atoms with Crippen molar-refractivity contribution in [1.29, 1.82) is 0 Å². The summed E-state index contributed by atoms with van der Waals surface area (Å²) in [5, 5.41) is 18.8. The van der Waals surface area contributed by atoms with Crippen molar-refractivity contribution in [1.82, 2.24) is 4.72 Å². The maximum atomic E-state index is 12.9. The molecular weight excluding hydrogens is 659 g/mol. The fraction of sp³-hybridized carbons (Fsp3) is 0.205. The van der Waals surface area contributed by atoms with Crippen LogP contribution in [0.3, 0.4) is 0 Å². The minimum Gasteiger partial charge on any atom is -0.478 e. The van der Waals surface area contributed by atoms with Crippen molar-refractivity contribution in [3.63, 3.8) is 0 Å². The van der Waals surface area contributed by atoms with E-state index in [1.165, 1.54) is 0 Å². The van der Waals surface area contributed by atoms with Gasteiger partial charge in [-0.3, -0.25) is 0 Å². The molecule has 252 valence electrons. The minimum absolute atomic E-state index is 0.00663. The molecule has 1 fully saturated rings. The Morgan fingerprint density at radius 3 is 2.12 bits per heavy atom. The zero-order valence-electron chi connectivity index (χ0n) is 26.8. The summed E-state index contributed by atoms with van der Waals surface area (Å²) in [7, 11) is -3.67. The monoisotopic (exact) mass is 695 g/mol. The smallest absolute Gasteiger partial charge is 0.335 e. The molecular formula is C39H37NO7S2. The van der Waals surface area contributed by atoms with Crippen molar-refractivity contribution in [3.05, 3.63) is 155 Å². The molecule has 0 saturated carbocycles. The highest BCUT2D eigenvalue weighted by Crippen LogP contribution is 2.43. The number of aliphatic hydroxyl groups is 1. The van der Waals surface area contributed by atoms with Crippen molar-refractivity contribution in [2.45, 2.75) is 48.4 Å². The molecule has 0 bridgehead atoms. The van der Waals surface area contributed by atoms with Crippen LogP contribution in [0.4, 0.5) is 0 Å². The van der Waals surface area contributed by atoms with Crippen molar-refractivity contribution in [2.75, 3.05) is 5.75 Å². The van der Waals surface area contributed by atoms with Crippen LogP contribution >= 0.6 is 11.8 Å². The number of carboxylic acid groups (broad SMARTS) is 1. The van der Waals surface area contributed by atoms with Crippen LogP contribution in [-0.4, -0.2) is 36.5 Å². The van der Waals surface area contributed by atoms with Gasteiger partial charge in [-0.15, -0.1) is 11.8 Å². The second-order valence-electron chi connectivity index (χ2n) is 11.9. The van der Waals surface area contributed by atoms with Crippen LogP contribution in [0.2, 0.25) is 0 Å². The molecule has 1 aliphatic rings. The number of carboxylic acids is 1. The lowest BCUT2D eigenvalue weighted by Crippen LogP contribution is -2.38. The van der Waals surface area contributed by atoms with Crippen LogP contribution in [0.15, 0.2) is 137 Å². The highest BCUT2D eigenvalue weighted by Gasteiger charge is 2.38. The summed E-state index contributed by atoms with van der Waals surface area (Å²) in [4.78, 5) is 12.5. The zero-order chi connectivity index (χ0) is 34.4. The Bertz CT molecular complexity index is 1970. The summed E-state index contributed by atoms with van der Waals surface area (Å²) >= 11 is 1.60. The lowest BCUT2D eigenvalue weighted by atomic mass is 9.91. The molecule has 5 aromatic rings. The molecule has 3 N–H and O–H groups in total. The Morgan fingerprint density at radius 1 is 0.796 bits per heavy atom. The molecule has 0 aromatic heterocycles. The standard InChI is InChI=1S/C39H37NO7S2/c1-26-36(25-48-33-21-19-30(20-22-33)38(42)43)46-39(47-37(26)29-13-11-27(24-41)12-14-29)31-17-15-28(16-18-31)35-10-6-5-7-32(35)23-40-49(44,45)34-8-3-2-4-9-34/h2-22,26,36-37,39-41H,23-25H2,1H3,(H,42,43)/t26-,36+,37+,39+/m1/s1. The molecule has 0 unspecified atom stereocenters. The number of carbonyl (C=O) groups is 1. The number of nitrogens with one attached hydrogen (secondary N) is 1. The highest BCUT2D eigenvalue weighted by molar-refractivity contribution is 7.99. The molecule has 1 heterocycles. The largest absolute Gasteiger partial charge is 0.478 e. The molecule has 6 rings (SSSR count). The number of aliphatic hydroxyl groups excluding tert-OH is 1. The van der Waals surface area contributed by atoms with Gasteiger partial charge < -0.3 is 19.7 Å². The van der Waals surface area contributed by atoms with Gasteiger partial charge in [-0.05, 0) is 64.2 Å². The van der Waals surface area contributed by atoms with Gasteiger partial charge in [0, 0.05) is 28.7 Å². The third-order valence-electron chi connectivity index (χ3n) is 8.66. The molecule has 4 atom stereocenters. The fourth-order valence-corrected chi connectivity index (χ4v) is 7.91. The first-order chi connectivity index (χ1) is 23.7. The highest BCUT2D eigenvalue weighted by atomic mass is 32.2. The molecule has 49 heavy (non-hydrogen) atoms. The third kappa shape index (κ3) is 8.30. The topological polar surface area (TPSA) is 122 Å². The third-order valence-corrected chi connectivity index (χ3v) is 11.2. The van der Waals surface area contributed by atoms with E-state index in [9.17, 15) is 23.4 Å². The van der Waals surface area contributed by atoms with E-state index < -0.39 is 22.3 Å². The summed E-state index contributed by atoms with van der Waals surface area (Å²) in [6, 6.07) is 38.5. The van der Waals surface area contributed by atoms with Gasteiger partial charge >= 0.3 is 5.97 Å². The van der Waals surface area contributed by atoms with Gasteiger partial charge in [-0.2, -0.15) is 0 Å². The molecule has 1 saturated heterocycles. The average Bonchev–Trinajstić information content (AvgIpc) is 3.14. The minimum atomic E-state index is -3.67. The Labute approximate surface area is 290 Å². The lowest BCUT2D eigenvalue weighted by Gasteiger charge is -2.41. The second kappa shape index (κ2) is 15.5. The van der Waals surface area contributed by atoms with E-state index in [0.29, 0.717) is 5.75 Å². The quantitative estimate of drug-likeness (QED) is 0.114. The van der Waals surface area contributed by atoms with E-state index in [1.807, 2.05) is 84.9 Å². The summed E-state index contributed by atoms with van der Waals surface area (Å²) < 4.78 is 41.7. The Balaban J connectivity index is 1.21. The van der Waals surface area contributed by atoms with Crippen LogP contribution in [0, 0.1) is 5.92 Å². The van der Waals surface area contributed by atoms with Crippen molar-refractivity contribution in [2.24, 2.45) is 5.92 Å². The molecule has 5 aromatic carbocycles. The number of hydrogen-bond acceptors (Lipinski definition) is 7. The molecule has 10 heteroatoms. The fourth-order valence-electron chi connectivity index (χ4n) is 5.81. The van der Waals surface area contributed by atoms with Gasteiger partial charge in [0.1, 0.15) is 0 Å². The van der Waals surface area contributed by atoms with E-state index >= 15 is 0 Å². The maximum absolute atomic E-state index is 12.9. The van der Waals surface area contributed by atoms with Crippen molar-refractivity contribution < 1.29 is 32.9 Å². The van der Waals surface area contributed by atoms with E-state index in [2.05, 4.69) is 11.6 Å². The van der Waals surface area contributed by atoms with E-state index in [-0.39, 0.29) is 41.7 Å². The number of ether oxygens (including phenoxy) is 2. The van der Waals surface area contributed by atoms with Crippen LogP contribution in [0.25, 0.3) is 11.1 Å². The molecule has 0 spiro atoms. The number of thioether (sulfide) groups is 1. The zero-order valence-corrected chi connectivity index (χ0v) is 28.4. The maximum Gasteiger partial charge on any atom is 0.335 e. The number of sulfonamides is 1. The van der Waals surface area contributed by atoms with Gasteiger partial charge in [0.05, 0.1) is 29.3 Å². The lowest BCUT2D eigenvalue weighted by molar-refractivity contribution is -0.268. The van der Waals surface area contributed by atoms with Gasteiger partial charge in [0.15, 0.2) is 6.29 Å².